The van der Waals surface area contributed by atoms with Crippen molar-refractivity contribution in [2.75, 3.05) is 13.4 Å². The second-order valence-corrected chi connectivity index (χ2v) is 5.87. The lowest BCUT2D eigenvalue weighted by Gasteiger charge is -2.15. The van der Waals surface area contributed by atoms with Gasteiger partial charge >= 0.3 is 12.1 Å². The highest BCUT2D eigenvalue weighted by molar-refractivity contribution is 7.98. The molecule has 0 spiro atoms. The fourth-order valence-electron chi connectivity index (χ4n) is 2.34. The molecule has 0 unspecified atom stereocenters. The Morgan fingerprint density at radius 3 is 2.42 bits per heavy atom. The van der Waals surface area contributed by atoms with E-state index in [1.165, 1.54) is 24.9 Å². The van der Waals surface area contributed by atoms with Crippen LogP contribution in [0.2, 0.25) is 0 Å². The summed E-state index contributed by atoms with van der Waals surface area (Å²) >= 11 is 1.19. The number of carboxylic acids is 1. The van der Waals surface area contributed by atoms with Crippen LogP contribution in [0.1, 0.15) is 11.1 Å². The predicted molar refractivity (Wildman–Crippen MR) is 86.6 cm³/mol. The lowest BCUT2D eigenvalue weighted by Crippen LogP contribution is -2.05. The average molecular weight is 356 g/mol. The molecule has 2 aromatic rings. The van der Waals surface area contributed by atoms with Crippen molar-refractivity contribution >= 4 is 17.7 Å². The molecule has 0 aliphatic heterocycles. The highest BCUT2D eigenvalue weighted by Crippen LogP contribution is 2.40. The summed E-state index contributed by atoms with van der Waals surface area (Å²) in [5, 5.41) is 8.92. The maximum atomic E-state index is 12.9. The van der Waals surface area contributed by atoms with Gasteiger partial charge in [-0.2, -0.15) is 13.2 Å². The molecule has 24 heavy (non-hydrogen) atoms. The van der Waals surface area contributed by atoms with Crippen molar-refractivity contribution in [2.45, 2.75) is 17.5 Å². The number of aliphatic carboxylic acids is 1. The number of carboxylic acid groups (broad SMARTS) is 1. The monoisotopic (exact) mass is 356 g/mol. The minimum atomic E-state index is -4.42. The molecule has 0 saturated heterocycles. The van der Waals surface area contributed by atoms with E-state index in [4.69, 9.17) is 9.84 Å². The lowest BCUT2D eigenvalue weighted by atomic mass is 9.99. The van der Waals surface area contributed by atoms with Gasteiger partial charge in [0.2, 0.25) is 0 Å². The molecule has 7 heteroatoms. The normalized spacial score (nSPS) is 11.4. The maximum Gasteiger partial charge on any atom is 0.416 e. The number of thioether (sulfide) groups is 1. The van der Waals surface area contributed by atoms with Crippen molar-refractivity contribution in [3.8, 4) is 16.9 Å². The molecule has 0 aliphatic rings. The molecule has 0 bridgehead atoms. The molecule has 0 aromatic heterocycles. The van der Waals surface area contributed by atoms with Crippen LogP contribution < -0.4 is 4.74 Å². The Kier molecular flexibility index (Phi) is 5.43. The van der Waals surface area contributed by atoms with E-state index in [1.807, 2.05) is 0 Å². The maximum absolute atomic E-state index is 12.9. The molecule has 0 aliphatic carbocycles. The van der Waals surface area contributed by atoms with E-state index in [1.54, 1.807) is 24.5 Å². The Morgan fingerprint density at radius 1 is 1.17 bits per heavy atom. The minimum absolute atomic E-state index is 0.174. The summed E-state index contributed by atoms with van der Waals surface area (Å²) in [5.74, 6) is -0.511. The molecule has 0 heterocycles. The summed E-state index contributed by atoms with van der Waals surface area (Å²) in [6.45, 7) is 0. The SMILES string of the molecule is COc1ccc(CC(=O)O)cc1-c1ccc(C(F)(F)F)cc1SC. The first-order valence-electron chi connectivity index (χ1n) is 6.90. The van der Waals surface area contributed by atoms with E-state index in [2.05, 4.69) is 0 Å². The first-order chi connectivity index (χ1) is 11.3. The van der Waals surface area contributed by atoms with Crippen molar-refractivity contribution in [1.29, 1.82) is 0 Å². The zero-order valence-corrected chi connectivity index (χ0v) is 13.8. The number of rotatable bonds is 5. The smallest absolute Gasteiger partial charge is 0.416 e. The fourth-order valence-corrected chi connectivity index (χ4v) is 2.98. The molecule has 0 fully saturated rings. The number of halogens is 3. The van der Waals surface area contributed by atoms with Crippen LogP contribution in [0.4, 0.5) is 13.2 Å². The first-order valence-corrected chi connectivity index (χ1v) is 8.13. The standard InChI is InChI=1S/C17H15F3O3S/c1-23-14-6-3-10(8-16(21)22)7-13(14)12-5-4-11(17(18,19)20)9-15(12)24-2/h3-7,9H,8H2,1-2H3,(H,21,22). The molecular weight excluding hydrogens is 341 g/mol. The quantitative estimate of drug-likeness (QED) is 0.787. The minimum Gasteiger partial charge on any atom is -0.496 e. The summed E-state index contributed by atoms with van der Waals surface area (Å²) in [6, 6.07) is 8.36. The third kappa shape index (κ3) is 4.03. The zero-order valence-electron chi connectivity index (χ0n) is 13.0. The van der Waals surface area contributed by atoms with E-state index < -0.39 is 17.7 Å². The number of ether oxygens (including phenoxy) is 1. The van der Waals surface area contributed by atoms with E-state index in [0.717, 1.165) is 12.1 Å². The molecule has 0 amide bonds. The Bertz CT molecular complexity index is 757. The largest absolute Gasteiger partial charge is 0.496 e. The van der Waals surface area contributed by atoms with E-state index in [9.17, 15) is 18.0 Å². The molecule has 0 saturated carbocycles. The number of carbonyl (C=O) groups is 1. The third-order valence-electron chi connectivity index (χ3n) is 3.44. The summed E-state index contributed by atoms with van der Waals surface area (Å²) in [7, 11) is 1.46. The Hall–Kier alpha value is -2.15. The van der Waals surface area contributed by atoms with Gasteiger partial charge in [-0.05, 0) is 41.6 Å². The van der Waals surface area contributed by atoms with Crippen molar-refractivity contribution in [3.05, 3.63) is 47.5 Å². The molecule has 2 rings (SSSR count). The highest BCUT2D eigenvalue weighted by Gasteiger charge is 2.31. The van der Waals surface area contributed by atoms with Gasteiger partial charge in [0, 0.05) is 10.5 Å². The van der Waals surface area contributed by atoms with Crippen molar-refractivity contribution < 1.29 is 27.8 Å². The molecule has 0 radical (unpaired) electrons. The number of alkyl halides is 3. The summed E-state index contributed by atoms with van der Waals surface area (Å²) in [4.78, 5) is 11.3. The van der Waals surface area contributed by atoms with Gasteiger partial charge in [0.15, 0.2) is 0 Å². The molecule has 2 aromatic carbocycles. The molecule has 0 atom stereocenters. The Labute approximate surface area is 141 Å². The van der Waals surface area contributed by atoms with Gasteiger partial charge in [-0.3, -0.25) is 4.79 Å². The van der Waals surface area contributed by atoms with Gasteiger partial charge < -0.3 is 9.84 Å². The molecule has 3 nitrogen and oxygen atoms in total. The van der Waals surface area contributed by atoms with Crippen LogP contribution >= 0.6 is 11.8 Å². The van der Waals surface area contributed by atoms with Crippen LogP contribution in [-0.2, 0) is 17.4 Å². The zero-order chi connectivity index (χ0) is 17.9. The van der Waals surface area contributed by atoms with Gasteiger partial charge in [-0.25, -0.2) is 0 Å². The lowest BCUT2D eigenvalue weighted by molar-refractivity contribution is -0.138. The van der Waals surface area contributed by atoms with Crippen LogP contribution in [0.5, 0.6) is 5.75 Å². The first kappa shape index (κ1) is 18.2. The summed E-state index contributed by atoms with van der Waals surface area (Å²) < 4.78 is 44.0. The van der Waals surface area contributed by atoms with Crippen LogP contribution in [0.15, 0.2) is 41.3 Å². The Morgan fingerprint density at radius 2 is 1.88 bits per heavy atom. The average Bonchev–Trinajstić information content (AvgIpc) is 2.52. The highest BCUT2D eigenvalue weighted by atomic mass is 32.2. The second-order valence-electron chi connectivity index (χ2n) is 5.02. The number of hydrogen-bond donors (Lipinski definition) is 1. The molecule has 1 N–H and O–H groups in total. The predicted octanol–water partition coefficient (Wildman–Crippen LogP) is 4.73. The van der Waals surface area contributed by atoms with Gasteiger partial charge in [0.25, 0.3) is 0 Å². The number of hydrogen-bond acceptors (Lipinski definition) is 3. The summed E-state index contributed by atoms with van der Waals surface area (Å²) in [5.41, 5.74) is 0.954. The molecule has 128 valence electrons. The summed E-state index contributed by atoms with van der Waals surface area (Å²) in [6.07, 6.45) is -2.91. The molecular formula is C17H15F3O3S. The van der Waals surface area contributed by atoms with Gasteiger partial charge in [0.1, 0.15) is 5.75 Å². The van der Waals surface area contributed by atoms with Crippen molar-refractivity contribution in [2.24, 2.45) is 0 Å². The van der Waals surface area contributed by atoms with Gasteiger partial charge in [0.05, 0.1) is 19.1 Å². The van der Waals surface area contributed by atoms with E-state index >= 15 is 0 Å². The van der Waals surface area contributed by atoms with Crippen LogP contribution in [0.25, 0.3) is 11.1 Å². The fraction of sp³-hybridized carbons (Fsp3) is 0.235. The van der Waals surface area contributed by atoms with E-state index in [0.29, 0.717) is 27.3 Å². The van der Waals surface area contributed by atoms with Crippen LogP contribution in [0, 0.1) is 0 Å². The second kappa shape index (κ2) is 7.17. The van der Waals surface area contributed by atoms with Crippen LogP contribution in [-0.4, -0.2) is 24.4 Å². The van der Waals surface area contributed by atoms with Crippen molar-refractivity contribution in [1.82, 2.24) is 0 Å². The third-order valence-corrected chi connectivity index (χ3v) is 4.22. The Balaban J connectivity index is 2.59. The van der Waals surface area contributed by atoms with Gasteiger partial charge in [-0.15, -0.1) is 11.8 Å². The van der Waals surface area contributed by atoms with Gasteiger partial charge in [-0.1, -0.05) is 12.1 Å². The topological polar surface area (TPSA) is 46.5 Å². The van der Waals surface area contributed by atoms with Crippen LogP contribution in [0.3, 0.4) is 0 Å². The van der Waals surface area contributed by atoms with E-state index in [-0.39, 0.29) is 6.42 Å². The van der Waals surface area contributed by atoms with Crippen molar-refractivity contribution in [3.63, 3.8) is 0 Å². The number of benzene rings is 2. The number of methoxy groups -OCH3 is 1.